The molecule has 5 rings (SSSR count). The predicted molar refractivity (Wildman–Crippen MR) is 78.2 cm³/mol. The highest BCUT2D eigenvalue weighted by atomic mass is 16.5. The quantitative estimate of drug-likeness (QED) is 0.793. The Morgan fingerprint density at radius 3 is 2.73 bits per heavy atom. The number of hydrogen-bond acceptors (Lipinski definition) is 5. The minimum atomic E-state index is -0.375. The molecule has 1 atom stereocenters. The summed E-state index contributed by atoms with van der Waals surface area (Å²) in [6.07, 6.45) is 7.84. The van der Waals surface area contributed by atoms with E-state index < -0.39 is 0 Å². The number of cyclic esters (lactones) is 1. The molecule has 4 aliphatic rings. The predicted octanol–water partition coefficient (Wildman–Crippen LogP) is 1.77. The second-order valence-corrected chi connectivity index (χ2v) is 7.29. The van der Waals surface area contributed by atoms with Gasteiger partial charge in [-0.3, -0.25) is 9.69 Å². The van der Waals surface area contributed by atoms with Crippen LogP contribution >= 0.6 is 0 Å². The van der Waals surface area contributed by atoms with Gasteiger partial charge in [-0.2, -0.15) is 0 Å². The first kappa shape index (κ1) is 13.0. The lowest BCUT2D eigenvalue weighted by Gasteiger charge is -2.30. The van der Waals surface area contributed by atoms with E-state index in [2.05, 4.69) is 19.7 Å². The van der Waals surface area contributed by atoms with Gasteiger partial charge in [0.2, 0.25) is 0 Å². The Hall–Kier alpha value is -1.43. The largest absolute Gasteiger partial charge is 0.464 e. The van der Waals surface area contributed by atoms with Crippen molar-refractivity contribution in [3.63, 3.8) is 0 Å². The van der Waals surface area contributed by atoms with Gasteiger partial charge in [0, 0.05) is 18.4 Å². The average molecular weight is 302 g/mol. The molecular formula is C16H22N4O2. The Balaban J connectivity index is 1.45. The molecule has 0 radical (unpaired) electrons. The summed E-state index contributed by atoms with van der Waals surface area (Å²) >= 11 is 0. The van der Waals surface area contributed by atoms with Gasteiger partial charge in [0.25, 0.3) is 0 Å². The van der Waals surface area contributed by atoms with Crippen LogP contribution in [0, 0.1) is 0 Å². The van der Waals surface area contributed by atoms with Crippen molar-refractivity contribution >= 4 is 5.97 Å². The van der Waals surface area contributed by atoms with Gasteiger partial charge in [-0.15, -0.1) is 10.2 Å². The number of aromatic nitrogens is 3. The van der Waals surface area contributed by atoms with Gasteiger partial charge in [-0.05, 0) is 45.1 Å². The van der Waals surface area contributed by atoms with E-state index in [4.69, 9.17) is 4.74 Å². The van der Waals surface area contributed by atoms with Crippen LogP contribution in [-0.2, 0) is 16.1 Å². The Morgan fingerprint density at radius 1 is 1.18 bits per heavy atom. The first-order valence-corrected chi connectivity index (χ1v) is 8.64. The molecule has 6 nitrogen and oxygen atoms in total. The summed E-state index contributed by atoms with van der Waals surface area (Å²) in [4.78, 5) is 14.6. The van der Waals surface area contributed by atoms with E-state index in [1.54, 1.807) is 0 Å². The molecule has 0 amide bonds. The standard InChI is InChI=1S/C16H22N4O2/c21-15-16(7-9-22-15)6-1-8-19(16)10-13-17-18-14(11-2-3-11)20(13)12-4-5-12/h11-12H,1-10H2. The van der Waals surface area contributed by atoms with Crippen LogP contribution in [0.25, 0.3) is 0 Å². The highest BCUT2D eigenvalue weighted by molar-refractivity contribution is 5.83. The third-order valence-electron chi connectivity index (χ3n) is 5.73. The molecule has 0 aromatic carbocycles. The zero-order chi connectivity index (χ0) is 14.7. The van der Waals surface area contributed by atoms with E-state index in [1.807, 2.05) is 0 Å². The van der Waals surface area contributed by atoms with Crippen molar-refractivity contribution in [2.75, 3.05) is 13.2 Å². The van der Waals surface area contributed by atoms with Crippen molar-refractivity contribution in [3.05, 3.63) is 11.6 Å². The molecule has 2 saturated carbocycles. The van der Waals surface area contributed by atoms with Crippen molar-refractivity contribution in [1.29, 1.82) is 0 Å². The number of likely N-dealkylation sites (tertiary alicyclic amines) is 1. The Bertz CT molecular complexity index is 616. The van der Waals surface area contributed by atoms with Crippen molar-refractivity contribution < 1.29 is 9.53 Å². The molecule has 2 aliphatic heterocycles. The van der Waals surface area contributed by atoms with E-state index in [9.17, 15) is 4.79 Å². The topological polar surface area (TPSA) is 60.2 Å². The van der Waals surface area contributed by atoms with E-state index in [0.717, 1.165) is 38.2 Å². The van der Waals surface area contributed by atoms with E-state index in [1.165, 1.54) is 31.5 Å². The molecular weight excluding hydrogens is 280 g/mol. The summed E-state index contributed by atoms with van der Waals surface area (Å²) in [7, 11) is 0. The fourth-order valence-corrected chi connectivity index (χ4v) is 4.19. The SMILES string of the molecule is O=C1OCCC12CCCN2Cc1nnc(C2CC2)n1C1CC1. The van der Waals surface area contributed by atoms with Crippen LogP contribution in [0.15, 0.2) is 0 Å². The molecule has 2 aliphatic carbocycles. The molecule has 1 unspecified atom stereocenters. The van der Waals surface area contributed by atoms with Crippen LogP contribution in [0.2, 0.25) is 0 Å². The van der Waals surface area contributed by atoms with Crippen LogP contribution in [0.1, 0.15) is 68.6 Å². The molecule has 6 heteroatoms. The lowest BCUT2D eigenvalue weighted by Crippen LogP contribution is -2.47. The molecule has 22 heavy (non-hydrogen) atoms. The fraction of sp³-hybridized carbons (Fsp3) is 0.812. The molecule has 0 bridgehead atoms. The van der Waals surface area contributed by atoms with Gasteiger partial charge in [-0.1, -0.05) is 0 Å². The number of esters is 1. The molecule has 3 heterocycles. The Labute approximate surface area is 129 Å². The highest BCUT2D eigenvalue weighted by Crippen LogP contribution is 2.45. The van der Waals surface area contributed by atoms with Crippen LogP contribution in [0.3, 0.4) is 0 Å². The summed E-state index contributed by atoms with van der Waals surface area (Å²) in [5.74, 6) is 2.86. The van der Waals surface area contributed by atoms with E-state index in [0.29, 0.717) is 18.6 Å². The zero-order valence-corrected chi connectivity index (χ0v) is 12.8. The lowest BCUT2D eigenvalue weighted by atomic mass is 9.94. The summed E-state index contributed by atoms with van der Waals surface area (Å²) in [5, 5.41) is 8.99. The van der Waals surface area contributed by atoms with Gasteiger partial charge in [0.05, 0.1) is 13.2 Å². The maximum Gasteiger partial charge on any atom is 0.326 e. The first-order chi connectivity index (χ1) is 10.8. The number of hydrogen-bond donors (Lipinski definition) is 0. The van der Waals surface area contributed by atoms with Crippen LogP contribution in [0.5, 0.6) is 0 Å². The van der Waals surface area contributed by atoms with Gasteiger partial charge in [0.15, 0.2) is 0 Å². The van der Waals surface area contributed by atoms with Gasteiger partial charge < -0.3 is 9.30 Å². The minimum Gasteiger partial charge on any atom is -0.464 e. The maximum absolute atomic E-state index is 12.2. The average Bonchev–Trinajstić information content (AvgIpc) is 3.43. The van der Waals surface area contributed by atoms with E-state index >= 15 is 0 Å². The molecule has 1 aromatic heterocycles. The Kier molecular flexibility index (Phi) is 2.69. The third kappa shape index (κ3) is 1.86. The number of ether oxygens (including phenoxy) is 1. The summed E-state index contributed by atoms with van der Waals surface area (Å²) in [5.41, 5.74) is -0.375. The molecule has 0 N–H and O–H groups in total. The molecule has 1 spiro atoms. The van der Waals surface area contributed by atoms with Crippen LogP contribution in [0.4, 0.5) is 0 Å². The molecule has 4 fully saturated rings. The van der Waals surface area contributed by atoms with Crippen molar-refractivity contribution in [3.8, 4) is 0 Å². The Morgan fingerprint density at radius 2 is 2.05 bits per heavy atom. The van der Waals surface area contributed by atoms with Gasteiger partial charge in [-0.25, -0.2) is 0 Å². The number of carbonyl (C=O) groups excluding carboxylic acids is 1. The fourth-order valence-electron chi connectivity index (χ4n) is 4.19. The normalized spacial score (nSPS) is 32.1. The monoisotopic (exact) mass is 302 g/mol. The summed E-state index contributed by atoms with van der Waals surface area (Å²) < 4.78 is 7.67. The minimum absolute atomic E-state index is 0.0232. The second kappa shape index (κ2) is 4.54. The summed E-state index contributed by atoms with van der Waals surface area (Å²) in [6, 6.07) is 0.606. The first-order valence-electron chi connectivity index (χ1n) is 8.64. The smallest absolute Gasteiger partial charge is 0.326 e. The number of nitrogens with zero attached hydrogens (tertiary/aromatic N) is 4. The lowest BCUT2D eigenvalue weighted by molar-refractivity contribution is -0.147. The van der Waals surface area contributed by atoms with Gasteiger partial charge >= 0.3 is 5.97 Å². The zero-order valence-electron chi connectivity index (χ0n) is 12.8. The van der Waals surface area contributed by atoms with E-state index in [-0.39, 0.29) is 11.5 Å². The highest BCUT2D eigenvalue weighted by Gasteiger charge is 2.52. The maximum atomic E-state index is 12.2. The van der Waals surface area contributed by atoms with Crippen molar-refractivity contribution in [2.45, 2.75) is 69.0 Å². The number of rotatable bonds is 4. The van der Waals surface area contributed by atoms with Gasteiger partial charge in [0.1, 0.15) is 17.2 Å². The van der Waals surface area contributed by atoms with Crippen LogP contribution in [-0.4, -0.2) is 44.3 Å². The number of carbonyl (C=O) groups is 1. The second-order valence-electron chi connectivity index (χ2n) is 7.29. The molecule has 2 saturated heterocycles. The summed E-state index contributed by atoms with van der Waals surface area (Å²) in [6.45, 7) is 2.27. The molecule has 1 aromatic rings. The van der Waals surface area contributed by atoms with Crippen LogP contribution < -0.4 is 0 Å². The molecule has 118 valence electrons. The third-order valence-corrected chi connectivity index (χ3v) is 5.73. The van der Waals surface area contributed by atoms with Crippen molar-refractivity contribution in [1.82, 2.24) is 19.7 Å². The van der Waals surface area contributed by atoms with Crippen molar-refractivity contribution in [2.24, 2.45) is 0 Å².